The first-order chi connectivity index (χ1) is 62.8. The summed E-state index contributed by atoms with van der Waals surface area (Å²) < 4.78 is 47.0. The number of aryl methyl sites for hydroxylation is 8. The molecule has 0 unspecified atom stereocenters. The fraction of sp³-hybridized carbons (Fsp3) is 0.400. The summed E-state index contributed by atoms with van der Waals surface area (Å²) >= 11 is 0. The molecule has 5 saturated heterocycles. The maximum Gasteiger partial charge on any atom is 0.401 e. The first-order valence-corrected chi connectivity index (χ1v) is 46.5. The van der Waals surface area contributed by atoms with E-state index >= 15 is 0 Å². The predicted octanol–water partition coefficient (Wildman–Crippen LogP) is 20.7. The number of aromatic nitrogens is 15. The zero-order valence-electron chi connectivity index (χ0n) is 76.1. The van der Waals surface area contributed by atoms with E-state index in [9.17, 15) is 13.2 Å². The number of likely N-dealkylation sites (tertiary alicyclic amines) is 4. The number of alkyl halides is 3. The standard InChI is InChI=1S/C27H31N5.C26H33F3N6.2C26H29N5/c1-19-13-14-21(3)29-27(19)25-11-7-10-24(23-18-31-16-5-4-12-26(31)30-23)32(25)17-15-22-9-6-8-20(2)28-22;1-19-7-6-11-30-24(19)20-8-5-9-21(32(20)2)25-22(35-12-4-3-10-23(35)31-25)17-33-13-15-34(16-14-33)18-26(27,28)29;1-19-12-13-20(2)28-26(19)24-10-7-9-23(22-18-30-16-6-4-11-25(30)29-22)31(24)17-14-21-8-3-5-15-27-21;1-19-8-7-15-27-26(19)24-12-6-11-23(22-18-30-16-4-3-13-25(30)29-22)31(24)17-14-21-10-5-9-20(2)28-21/h4-6,8-9,12-14,16,18,24-25H,7,10-11,15,17H2,1-3H3;3-4,6-7,10-12,20-21H,5,8-9,13-18H2,1-2H3;3-6,8,11-13,15-16,18,23-24H,7,9-10,14,17H2,1-2H3;3-5,7-10,13,15-16,18,23-24H,6,11-12,14,17H2,1-2H3/t24-,25+;20-,21+;2*23-,24+/m1011/s1. The van der Waals surface area contributed by atoms with Crippen molar-refractivity contribution in [3.05, 3.63) is 351 Å². The molecule has 0 amide bonds. The van der Waals surface area contributed by atoms with Crippen LogP contribution in [-0.4, -0.2) is 167 Å². The summed E-state index contributed by atoms with van der Waals surface area (Å²) in [6, 6.07) is 62.5. The summed E-state index contributed by atoms with van der Waals surface area (Å²) in [5, 5.41) is 0. The van der Waals surface area contributed by atoms with Gasteiger partial charge in [0.1, 0.15) is 22.6 Å². The highest BCUT2D eigenvalue weighted by Gasteiger charge is 2.41. The van der Waals surface area contributed by atoms with Gasteiger partial charge in [0.2, 0.25) is 0 Å². The van der Waals surface area contributed by atoms with E-state index < -0.39 is 12.7 Å². The van der Waals surface area contributed by atoms with E-state index in [1.165, 1.54) is 63.5 Å². The highest BCUT2D eigenvalue weighted by atomic mass is 19.4. The number of pyridine rings is 11. The van der Waals surface area contributed by atoms with Crippen LogP contribution in [0.1, 0.15) is 239 Å². The van der Waals surface area contributed by atoms with E-state index in [-0.39, 0.29) is 30.2 Å². The molecule has 20 rings (SSSR count). The number of halogens is 3. The van der Waals surface area contributed by atoms with Crippen molar-refractivity contribution in [1.29, 1.82) is 0 Å². The average Bonchev–Trinajstić information content (AvgIpc) is 1.65. The van der Waals surface area contributed by atoms with Crippen LogP contribution < -0.4 is 0 Å². The number of imidazole rings is 4. The fourth-order valence-electron chi connectivity index (χ4n) is 20.5. The Kier molecular flexibility index (Phi) is 28.4. The van der Waals surface area contributed by atoms with Crippen molar-refractivity contribution in [1.82, 2.24) is 102 Å². The second-order valence-electron chi connectivity index (χ2n) is 36.0. The van der Waals surface area contributed by atoms with Crippen LogP contribution in [0.4, 0.5) is 13.2 Å². The van der Waals surface area contributed by atoms with Gasteiger partial charge in [-0.2, -0.15) is 13.2 Å². The van der Waals surface area contributed by atoms with Crippen LogP contribution >= 0.6 is 0 Å². The van der Waals surface area contributed by atoms with Crippen molar-refractivity contribution in [2.45, 2.75) is 213 Å². The van der Waals surface area contributed by atoms with Crippen LogP contribution in [0, 0.1) is 55.4 Å². The highest BCUT2D eigenvalue weighted by molar-refractivity contribution is 5.46. The van der Waals surface area contributed by atoms with Gasteiger partial charge >= 0.3 is 6.18 Å². The van der Waals surface area contributed by atoms with Gasteiger partial charge in [0, 0.05) is 173 Å². The zero-order chi connectivity index (χ0) is 89.1. The minimum Gasteiger partial charge on any atom is -0.307 e. The topological polar surface area (TPSA) is 179 Å². The lowest BCUT2D eigenvalue weighted by molar-refractivity contribution is -0.149. The monoisotopic (exact) mass is 1730 g/mol. The number of fused-ring (bicyclic) bond motifs is 4. The van der Waals surface area contributed by atoms with Crippen LogP contribution in [-0.2, 0) is 25.8 Å². The van der Waals surface area contributed by atoms with Crippen LogP contribution in [0.15, 0.2) is 238 Å². The van der Waals surface area contributed by atoms with Crippen LogP contribution in [0.2, 0.25) is 0 Å². The molecule has 5 aliphatic heterocycles. The molecule has 21 nitrogen and oxygen atoms in total. The summed E-state index contributed by atoms with van der Waals surface area (Å²) in [5.41, 5.74) is 27.2. The molecule has 24 heteroatoms. The molecule has 20 heterocycles. The molecule has 129 heavy (non-hydrogen) atoms. The largest absolute Gasteiger partial charge is 0.401 e. The molecule has 15 aromatic heterocycles. The molecule has 0 radical (unpaired) electrons. The Balaban J connectivity index is 0.000000121. The summed E-state index contributed by atoms with van der Waals surface area (Å²) in [6.45, 7) is 21.7. The maximum atomic E-state index is 12.8. The minimum absolute atomic E-state index is 0.163. The van der Waals surface area contributed by atoms with Gasteiger partial charge in [0.15, 0.2) is 0 Å². The van der Waals surface area contributed by atoms with E-state index in [0.29, 0.717) is 50.8 Å². The second kappa shape index (κ2) is 41.0. The normalized spacial score (nSPS) is 20.6. The van der Waals surface area contributed by atoms with E-state index in [1.807, 2.05) is 67.3 Å². The van der Waals surface area contributed by atoms with Crippen molar-refractivity contribution >= 4 is 22.6 Å². The van der Waals surface area contributed by atoms with Gasteiger partial charge < -0.3 is 17.6 Å². The average molecular weight is 1740 g/mol. The lowest BCUT2D eigenvalue weighted by Gasteiger charge is -2.42. The molecular formula is C105H122F3N21. The first-order valence-electron chi connectivity index (χ1n) is 46.5. The third kappa shape index (κ3) is 21.4. The van der Waals surface area contributed by atoms with Crippen molar-refractivity contribution in [3.63, 3.8) is 0 Å². The molecule has 15 aromatic rings. The van der Waals surface area contributed by atoms with Gasteiger partial charge in [-0.15, -0.1) is 0 Å². The van der Waals surface area contributed by atoms with Crippen LogP contribution in [0.5, 0.6) is 0 Å². The number of piperidine rings is 4. The molecular weight excluding hydrogens is 1610 g/mol. The molecule has 0 aromatic carbocycles. The Bertz CT molecular complexity index is 6130. The molecule has 668 valence electrons. The second-order valence-corrected chi connectivity index (χ2v) is 36.0. The molecule has 0 saturated carbocycles. The Morgan fingerprint density at radius 1 is 0.318 bits per heavy atom. The summed E-state index contributed by atoms with van der Waals surface area (Å²) in [7, 11) is 2.17. The van der Waals surface area contributed by atoms with Gasteiger partial charge in [-0.3, -0.25) is 64.3 Å². The quantitative estimate of drug-likeness (QED) is 0.0703. The summed E-state index contributed by atoms with van der Waals surface area (Å²) in [5.74, 6) is 0. The van der Waals surface area contributed by atoms with Crippen molar-refractivity contribution in [2.75, 3.05) is 59.4 Å². The molecule has 5 aliphatic rings. The molecule has 0 N–H and O–H groups in total. The van der Waals surface area contributed by atoms with Gasteiger partial charge in [0.25, 0.3) is 0 Å². The lowest BCUT2D eigenvalue weighted by atomic mass is 9.90. The molecule has 8 atom stereocenters. The Morgan fingerprint density at radius 2 is 0.698 bits per heavy atom. The van der Waals surface area contributed by atoms with Gasteiger partial charge in [0.05, 0.1) is 106 Å². The van der Waals surface area contributed by atoms with E-state index in [4.69, 9.17) is 49.8 Å². The summed E-state index contributed by atoms with van der Waals surface area (Å²) in [6.07, 6.45) is 32.7. The van der Waals surface area contributed by atoms with E-state index in [0.717, 1.165) is 193 Å². The van der Waals surface area contributed by atoms with Gasteiger partial charge in [-0.1, -0.05) is 66.7 Å². The molecule has 0 aliphatic carbocycles. The molecule has 0 bridgehead atoms. The maximum absolute atomic E-state index is 12.8. The third-order valence-electron chi connectivity index (χ3n) is 27.0. The van der Waals surface area contributed by atoms with Gasteiger partial charge in [-0.25, -0.2) is 19.9 Å². The fourth-order valence-corrected chi connectivity index (χ4v) is 20.5. The summed E-state index contributed by atoms with van der Waals surface area (Å²) in [4.78, 5) is 67.7. The van der Waals surface area contributed by atoms with Crippen LogP contribution in [0.25, 0.3) is 22.6 Å². The van der Waals surface area contributed by atoms with E-state index in [1.54, 1.807) is 0 Å². The molecule has 5 fully saturated rings. The third-order valence-corrected chi connectivity index (χ3v) is 27.0. The SMILES string of the molecule is Cc1ccc(C)c([C@@H]2CCC[C@H](c3cn4ccccc4n3)N2CCc2ccccn2)n1.Cc1cccc(CCN2[C@@H](c3cn4ccccc4n3)CCC[C@H]2c2nc(C)ccc2C)n1.Cc1cccc(CCN2[C@@H](c3cn4ccccc4n3)CCC[C@H]2c2ncccc2C)n1.Cc1cccnc1[C@@H]1CCC[C@H](c2nc3ccccn3c2CN2CCN(CC(F)(F)F)CC2)N1C. The van der Waals surface area contributed by atoms with Crippen molar-refractivity contribution in [2.24, 2.45) is 0 Å². The van der Waals surface area contributed by atoms with E-state index in [2.05, 4.69) is 280 Å². The van der Waals surface area contributed by atoms with Crippen molar-refractivity contribution in [3.8, 4) is 0 Å². The van der Waals surface area contributed by atoms with Gasteiger partial charge in [-0.05, 0) is 271 Å². The number of rotatable bonds is 20. The lowest BCUT2D eigenvalue weighted by Crippen LogP contribution is -2.49. The molecule has 0 spiro atoms. The Labute approximate surface area is 756 Å². The zero-order valence-corrected chi connectivity index (χ0v) is 76.1. The minimum atomic E-state index is -4.15. The highest BCUT2D eigenvalue weighted by Crippen LogP contribution is 2.47. The van der Waals surface area contributed by atoms with Crippen LogP contribution in [0.3, 0.4) is 0 Å². The number of piperazine rings is 1. The number of hydrogen-bond acceptors (Lipinski definition) is 17. The number of nitrogens with zero attached hydrogens (tertiary/aromatic N) is 21. The van der Waals surface area contributed by atoms with Crippen molar-refractivity contribution < 1.29 is 13.2 Å². The Hall–Kier alpha value is -11.6. The predicted molar refractivity (Wildman–Crippen MR) is 502 cm³/mol. The number of hydrogen-bond donors (Lipinski definition) is 0. The smallest absolute Gasteiger partial charge is 0.307 e. The Morgan fingerprint density at radius 3 is 1.14 bits per heavy atom. The first kappa shape index (κ1) is 89.3.